The number of ether oxygens (including phenoxy) is 1. The summed E-state index contributed by atoms with van der Waals surface area (Å²) < 4.78 is 10.2. The van der Waals surface area contributed by atoms with E-state index in [1.165, 1.54) is 25.1 Å². The fraction of sp³-hybridized carbons (Fsp3) is 0.514. The summed E-state index contributed by atoms with van der Waals surface area (Å²) in [6.45, 7) is 11.0. The second kappa shape index (κ2) is 18.5. The SMILES string of the molecule is Cc1cc(C(=O)N[C@H](C)C(=O)N[C@@H](C(=O)N[C@@H](CC(C)C)C(=O)N[C@H](/C=C/C(=O)OCc2ccccc2)CC2CCNC2=O)C(C)C)no1. The van der Waals surface area contributed by atoms with Crippen LogP contribution in [0.1, 0.15) is 75.7 Å². The molecule has 14 heteroatoms. The van der Waals surface area contributed by atoms with Crippen molar-refractivity contribution in [1.29, 1.82) is 0 Å². The maximum atomic E-state index is 13.7. The number of aryl methyl sites for hydroxylation is 1. The van der Waals surface area contributed by atoms with Gasteiger partial charge in [0.2, 0.25) is 23.6 Å². The average molecular weight is 681 g/mol. The van der Waals surface area contributed by atoms with Crippen LogP contribution >= 0.6 is 0 Å². The summed E-state index contributed by atoms with van der Waals surface area (Å²) in [6, 6.07) is 6.89. The molecule has 5 N–H and O–H groups in total. The van der Waals surface area contributed by atoms with Gasteiger partial charge in [-0.2, -0.15) is 0 Å². The zero-order valence-corrected chi connectivity index (χ0v) is 28.9. The normalized spacial score (nSPS) is 16.8. The van der Waals surface area contributed by atoms with Gasteiger partial charge in [-0.15, -0.1) is 0 Å². The van der Waals surface area contributed by atoms with E-state index in [2.05, 4.69) is 31.7 Å². The molecule has 1 aromatic heterocycles. The van der Waals surface area contributed by atoms with E-state index in [9.17, 15) is 28.8 Å². The quantitative estimate of drug-likeness (QED) is 0.123. The number of amides is 5. The lowest BCUT2D eigenvalue weighted by atomic mass is 9.96. The minimum absolute atomic E-state index is 0.00103. The van der Waals surface area contributed by atoms with Crippen LogP contribution in [0.25, 0.3) is 0 Å². The third-order valence-electron chi connectivity index (χ3n) is 7.91. The van der Waals surface area contributed by atoms with Gasteiger partial charge < -0.3 is 35.8 Å². The molecule has 266 valence electrons. The molecule has 3 rings (SSSR count). The number of esters is 1. The number of hydrogen-bond acceptors (Lipinski definition) is 9. The summed E-state index contributed by atoms with van der Waals surface area (Å²) in [7, 11) is 0. The molecule has 1 aromatic carbocycles. The lowest BCUT2D eigenvalue weighted by Gasteiger charge is -2.28. The van der Waals surface area contributed by atoms with Crippen molar-refractivity contribution in [2.45, 2.75) is 91.6 Å². The number of nitrogens with zero attached hydrogens (tertiary/aromatic N) is 1. The Labute approximate surface area is 286 Å². The van der Waals surface area contributed by atoms with Gasteiger partial charge in [-0.25, -0.2) is 4.79 Å². The van der Waals surface area contributed by atoms with Gasteiger partial charge in [-0.05, 0) is 50.5 Å². The minimum Gasteiger partial charge on any atom is -0.458 e. The highest BCUT2D eigenvalue weighted by molar-refractivity contribution is 5.97. The van der Waals surface area contributed by atoms with E-state index in [0.717, 1.165) is 5.56 Å². The predicted molar refractivity (Wildman–Crippen MR) is 179 cm³/mol. The van der Waals surface area contributed by atoms with E-state index in [1.807, 2.05) is 44.2 Å². The molecule has 14 nitrogen and oxygen atoms in total. The van der Waals surface area contributed by atoms with Crippen LogP contribution < -0.4 is 26.6 Å². The molecule has 0 bridgehead atoms. The van der Waals surface area contributed by atoms with Crippen molar-refractivity contribution in [3.8, 4) is 0 Å². The molecular weight excluding hydrogens is 632 g/mol. The van der Waals surface area contributed by atoms with Gasteiger partial charge in [-0.1, -0.05) is 69.3 Å². The molecule has 1 saturated heterocycles. The highest BCUT2D eigenvalue weighted by Gasteiger charge is 2.33. The van der Waals surface area contributed by atoms with E-state index >= 15 is 0 Å². The Hall–Kier alpha value is -5.01. The van der Waals surface area contributed by atoms with E-state index in [-0.39, 0.29) is 48.8 Å². The highest BCUT2D eigenvalue weighted by Crippen LogP contribution is 2.18. The molecule has 1 aliphatic rings. The van der Waals surface area contributed by atoms with Gasteiger partial charge in [-0.3, -0.25) is 24.0 Å². The molecule has 2 heterocycles. The summed E-state index contributed by atoms with van der Waals surface area (Å²) in [5.41, 5.74) is 0.837. The predicted octanol–water partition coefficient (Wildman–Crippen LogP) is 2.08. The first-order chi connectivity index (χ1) is 23.2. The standard InChI is InChI=1S/C35H48N6O8/c1-20(2)16-27(39-35(47)30(21(3)4)40-31(43)23(6)37-34(46)28-17-22(5)49-41-28)33(45)38-26(18-25-14-15-36-32(25)44)12-13-29(42)48-19-24-10-8-7-9-11-24/h7-13,17,20-21,23,25-27,30H,14-16,18-19H2,1-6H3,(H,36,44)(H,37,46)(H,38,45)(H,39,47)(H,40,43)/b13-12+/t23-,25?,26-,27+,30-/m1/s1. The number of benzene rings is 1. The zero-order chi connectivity index (χ0) is 36.1. The molecule has 1 aliphatic heterocycles. The van der Waals surface area contributed by atoms with E-state index in [0.29, 0.717) is 18.7 Å². The highest BCUT2D eigenvalue weighted by atomic mass is 16.5. The molecule has 49 heavy (non-hydrogen) atoms. The van der Waals surface area contributed by atoms with Gasteiger partial charge in [0.25, 0.3) is 5.91 Å². The number of carbonyl (C=O) groups is 6. The van der Waals surface area contributed by atoms with Crippen LogP contribution in [0.4, 0.5) is 0 Å². The van der Waals surface area contributed by atoms with Crippen molar-refractivity contribution < 1.29 is 38.0 Å². The van der Waals surface area contributed by atoms with Crippen molar-refractivity contribution in [3.05, 3.63) is 65.6 Å². The fourth-order valence-corrected chi connectivity index (χ4v) is 5.20. The molecule has 2 aromatic rings. The van der Waals surface area contributed by atoms with Crippen LogP contribution in [0.5, 0.6) is 0 Å². The Morgan fingerprint density at radius 3 is 2.29 bits per heavy atom. The molecule has 0 spiro atoms. The van der Waals surface area contributed by atoms with Crippen molar-refractivity contribution in [2.24, 2.45) is 17.8 Å². The van der Waals surface area contributed by atoms with Gasteiger partial charge in [0.1, 0.15) is 30.5 Å². The van der Waals surface area contributed by atoms with Crippen LogP contribution in [0, 0.1) is 24.7 Å². The number of aromatic nitrogens is 1. The lowest BCUT2D eigenvalue weighted by molar-refractivity contribution is -0.139. The van der Waals surface area contributed by atoms with Crippen LogP contribution in [-0.2, 0) is 35.3 Å². The average Bonchev–Trinajstić information content (AvgIpc) is 3.68. The topological polar surface area (TPSA) is 198 Å². The largest absolute Gasteiger partial charge is 0.458 e. The Balaban J connectivity index is 1.68. The number of rotatable bonds is 17. The first kappa shape index (κ1) is 38.4. The van der Waals surface area contributed by atoms with Gasteiger partial charge in [0, 0.05) is 30.6 Å². The molecular formula is C35H48N6O8. The minimum atomic E-state index is -1.03. The first-order valence-electron chi connectivity index (χ1n) is 16.5. The second-order valence-electron chi connectivity index (χ2n) is 13.0. The van der Waals surface area contributed by atoms with Crippen molar-refractivity contribution in [2.75, 3.05) is 6.54 Å². The zero-order valence-electron chi connectivity index (χ0n) is 28.9. The van der Waals surface area contributed by atoms with Gasteiger partial charge >= 0.3 is 5.97 Å². The summed E-state index contributed by atoms with van der Waals surface area (Å²) in [5, 5.41) is 17.3. The molecule has 0 aliphatic carbocycles. The third kappa shape index (κ3) is 12.5. The number of carbonyl (C=O) groups excluding carboxylic acids is 6. The van der Waals surface area contributed by atoms with Crippen LogP contribution in [0.3, 0.4) is 0 Å². The molecule has 5 amide bonds. The Morgan fingerprint density at radius 2 is 1.69 bits per heavy atom. The van der Waals surface area contributed by atoms with Crippen LogP contribution in [-0.4, -0.2) is 71.4 Å². The van der Waals surface area contributed by atoms with Crippen molar-refractivity contribution >= 4 is 35.5 Å². The second-order valence-corrected chi connectivity index (χ2v) is 13.0. The maximum Gasteiger partial charge on any atom is 0.330 e. The Morgan fingerprint density at radius 1 is 0.980 bits per heavy atom. The van der Waals surface area contributed by atoms with E-state index in [1.54, 1.807) is 20.8 Å². The van der Waals surface area contributed by atoms with E-state index in [4.69, 9.17) is 9.26 Å². The monoisotopic (exact) mass is 680 g/mol. The molecule has 1 unspecified atom stereocenters. The van der Waals surface area contributed by atoms with Crippen LogP contribution in [0.15, 0.2) is 53.1 Å². The molecule has 1 fully saturated rings. The van der Waals surface area contributed by atoms with Crippen molar-refractivity contribution in [3.63, 3.8) is 0 Å². The summed E-state index contributed by atoms with van der Waals surface area (Å²) in [6.07, 6.45) is 3.82. The molecule has 5 atom stereocenters. The summed E-state index contributed by atoms with van der Waals surface area (Å²) in [4.78, 5) is 77.6. The number of hydrogen-bond donors (Lipinski definition) is 5. The molecule has 0 saturated carbocycles. The smallest absolute Gasteiger partial charge is 0.330 e. The van der Waals surface area contributed by atoms with Gasteiger partial charge in [0.15, 0.2) is 5.69 Å². The fourth-order valence-electron chi connectivity index (χ4n) is 5.20. The first-order valence-corrected chi connectivity index (χ1v) is 16.5. The van der Waals surface area contributed by atoms with Crippen molar-refractivity contribution in [1.82, 2.24) is 31.7 Å². The lowest BCUT2D eigenvalue weighted by Crippen LogP contribution is -2.58. The molecule has 0 radical (unpaired) electrons. The summed E-state index contributed by atoms with van der Waals surface area (Å²) in [5.74, 6) is -3.35. The maximum absolute atomic E-state index is 13.7. The van der Waals surface area contributed by atoms with Gasteiger partial charge in [0.05, 0.1) is 0 Å². The number of nitrogens with one attached hydrogen (secondary N) is 5. The Kier molecular flexibility index (Phi) is 14.5. The third-order valence-corrected chi connectivity index (χ3v) is 7.91. The van der Waals surface area contributed by atoms with E-state index < -0.39 is 53.8 Å². The Bertz CT molecular complexity index is 1490. The van der Waals surface area contributed by atoms with Crippen LogP contribution in [0.2, 0.25) is 0 Å². The summed E-state index contributed by atoms with van der Waals surface area (Å²) >= 11 is 0.